The van der Waals surface area contributed by atoms with Gasteiger partial charge in [0.05, 0.1) is 5.69 Å². The lowest BCUT2D eigenvalue weighted by molar-refractivity contribution is -0.116. The average Bonchev–Trinajstić information content (AvgIpc) is 2.81. The number of carbonyl (C=O) groups excluding carboxylic acids is 1. The number of amides is 1. The van der Waals surface area contributed by atoms with E-state index in [0.29, 0.717) is 5.41 Å². The first-order valence-electron chi connectivity index (χ1n) is 6.52. The van der Waals surface area contributed by atoms with Crippen molar-refractivity contribution in [2.45, 2.75) is 26.3 Å². The van der Waals surface area contributed by atoms with Crippen LogP contribution in [0.3, 0.4) is 0 Å². The molecular weight excluding hydrogens is 306 g/mol. The molecule has 1 saturated heterocycles. The van der Waals surface area contributed by atoms with E-state index < -0.39 is 6.04 Å². The Kier molecular flexibility index (Phi) is 2.87. The summed E-state index contributed by atoms with van der Waals surface area (Å²) in [6.45, 7) is 6.65. The molecule has 1 amide bonds. The van der Waals surface area contributed by atoms with Crippen LogP contribution in [0.4, 0.5) is 11.4 Å². The zero-order valence-corrected chi connectivity index (χ0v) is 12.8. The smallest absolute Gasteiger partial charge is 0.245 e. The zero-order valence-electron chi connectivity index (χ0n) is 11.2. The van der Waals surface area contributed by atoms with Gasteiger partial charge in [-0.2, -0.15) is 0 Å². The van der Waals surface area contributed by atoms with E-state index in [9.17, 15) is 4.79 Å². The molecule has 1 aromatic rings. The second-order valence-electron chi connectivity index (χ2n) is 6.19. The van der Waals surface area contributed by atoms with Crippen LogP contribution in [0, 0.1) is 5.41 Å². The molecule has 3 N–H and O–H groups in total. The molecule has 1 fully saturated rings. The quantitative estimate of drug-likeness (QED) is 0.835. The Labute approximate surface area is 121 Å². The van der Waals surface area contributed by atoms with Crippen molar-refractivity contribution in [1.29, 1.82) is 0 Å². The molecule has 1 atom stereocenters. The van der Waals surface area contributed by atoms with Gasteiger partial charge < -0.3 is 16.0 Å². The third kappa shape index (κ3) is 2.15. The molecule has 0 aromatic heterocycles. The fourth-order valence-corrected chi connectivity index (χ4v) is 3.47. The Morgan fingerprint density at radius 1 is 1.47 bits per heavy atom. The number of rotatable bonds is 1. The fourth-order valence-electron chi connectivity index (χ4n) is 2.85. The van der Waals surface area contributed by atoms with Crippen molar-refractivity contribution in [3.05, 3.63) is 22.2 Å². The highest BCUT2D eigenvalue weighted by atomic mass is 79.9. The molecule has 5 heteroatoms. The van der Waals surface area contributed by atoms with Gasteiger partial charge in [0.25, 0.3) is 0 Å². The summed E-state index contributed by atoms with van der Waals surface area (Å²) in [6.07, 6.45) is 1.18. The largest absolute Gasteiger partial charge is 0.370 e. The number of anilines is 2. The van der Waals surface area contributed by atoms with E-state index in [0.717, 1.165) is 34.5 Å². The van der Waals surface area contributed by atoms with Gasteiger partial charge in [-0.3, -0.25) is 4.79 Å². The third-order valence-electron chi connectivity index (χ3n) is 4.01. The van der Waals surface area contributed by atoms with E-state index in [4.69, 9.17) is 5.73 Å². The van der Waals surface area contributed by atoms with Gasteiger partial charge in [-0.15, -0.1) is 0 Å². The molecule has 2 heterocycles. The minimum absolute atomic E-state index is 0.124. The SMILES string of the molecule is CC1(C)CCN(c2cc3c(cc2Br)C(N)C(=O)N3)C1. The molecule has 2 aliphatic heterocycles. The first-order valence-corrected chi connectivity index (χ1v) is 7.31. The van der Waals surface area contributed by atoms with Crippen molar-refractivity contribution in [3.63, 3.8) is 0 Å². The number of fused-ring (bicyclic) bond motifs is 1. The highest BCUT2D eigenvalue weighted by Crippen LogP contribution is 2.41. The van der Waals surface area contributed by atoms with Crippen molar-refractivity contribution in [2.75, 3.05) is 23.3 Å². The Morgan fingerprint density at radius 2 is 2.21 bits per heavy atom. The van der Waals surface area contributed by atoms with E-state index in [-0.39, 0.29) is 5.91 Å². The Hall–Kier alpha value is -1.07. The summed E-state index contributed by atoms with van der Waals surface area (Å²) in [7, 11) is 0. The molecule has 3 rings (SSSR count). The van der Waals surface area contributed by atoms with Gasteiger partial charge in [-0.05, 0) is 39.9 Å². The lowest BCUT2D eigenvalue weighted by Crippen LogP contribution is -2.23. The molecule has 2 aliphatic rings. The van der Waals surface area contributed by atoms with E-state index in [2.05, 4.69) is 40.0 Å². The highest BCUT2D eigenvalue weighted by Gasteiger charge is 2.33. The maximum atomic E-state index is 11.6. The summed E-state index contributed by atoms with van der Waals surface area (Å²) in [6, 6.07) is 3.46. The summed E-state index contributed by atoms with van der Waals surface area (Å²) in [5.41, 5.74) is 9.06. The van der Waals surface area contributed by atoms with Gasteiger partial charge in [-0.25, -0.2) is 0 Å². The molecular formula is C14H18BrN3O. The predicted octanol–water partition coefficient (Wildman–Crippen LogP) is 2.64. The second-order valence-corrected chi connectivity index (χ2v) is 7.05. The summed E-state index contributed by atoms with van der Waals surface area (Å²) >= 11 is 3.61. The molecule has 0 spiro atoms. The van der Waals surface area contributed by atoms with Crippen LogP contribution in [0.2, 0.25) is 0 Å². The number of nitrogens with zero attached hydrogens (tertiary/aromatic N) is 1. The fraction of sp³-hybridized carbons (Fsp3) is 0.500. The first kappa shape index (κ1) is 12.9. The van der Waals surface area contributed by atoms with Gasteiger partial charge in [0.2, 0.25) is 5.91 Å². The molecule has 1 unspecified atom stereocenters. The van der Waals surface area contributed by atoms with Crippen LogP contribution in [0.25, 0.3) is 0 Å². The van der Waals surface area contributed by atoms with Gasteiger partial charge >= 0.3 is 0 Å². The molecule has 1 aromatic carbocycles. The Balaban J connectivity index is 1.97. The number of benzene rings is 1. The zero-order chi connectivity index (χ0) is 13.8. The number of hydrogen-bond acceptors (Lipinski definition) is 3. The van der Waals surface area contributed by atoms with Crippen molar-refractivity contribution in [1.82, 2.24) is 0 Å². The van der Waals surface area contributed by atoms with Crippen LogP contribution in [-0.2, 0) is 4.79 Å². The van der Waals surface area contributed by atoms with E-state index in [1.165, 1.54) is 6.42 Å². The van der Waals surface area contributed by atoms with Crippen molar-refractivity contribution in [3.8, 4) is 0 Å². The average molecular weight is 324 g/mol. The maximum Gasteiger partial charge on any atom is 0.245 e. The number of carbonyl (C=O) groups is 1. The number of halogens is 1. The monoisotopic (exact) mass is 323 g/mol. The van der Waals surface area contributed by atoms with E-state index in [1.807, 2.05) is 12.1 Å². The predicted molar refractivity (Wildman–Crippen MR) is 80.3 cm³/mol. The summed E-state index contributed by atoms with van der Waals surface area (Å²) in [5.74, 6) is -0.124. The van der Waals surface area contributed by atoms with Crippen LogP contribution >= 0.6 is 15.9 Å². The van der Waals surface area contributed by atoms with Crippen molar-refractivity contribution < 1.29 is 4.79 Å². The molecule has 0 bridgehead atoms. The number of hydrogen-bond donors (Lipinski definition) is 2. The number of nitrogens with one attached hydrogen (secondary N) is 1. The van der Waals surface area contributed by atoms with Crippen LogP contribution in [0.1, 0.15) is 31.9 Å². The lowest BCUT2D eigenvalue weighted by Gasteiger charge is -2.23. The topological polar surface area (TPSA) is 58.4 Å². The van der Waals surface area contributed by atoms with Crippen molar-refractivity contribution in [2.24, 2.45) is 11.1 Å². The Bertz CT molecular complexity index is 556. The van der Waals surface area contributed by atoms with Crippen LogP contribution in [0.15, 0.2) is 16.6 Å². The van der Waals surface area contributed by atoms with E-state index in [1.54, 1.807) is 0 Å². The minimum Gasteiger partial charge on any atom is -0.370 e. The third-order valence-corrected chi connectivity index (χ3v) is 4.65. The van der Waals surface area contributed by atoms with Gasteiger partial charge in [-0.1, -0.05) is 13.8 Å². The molecule has 19 heavy (non-hydrogen) atoms. The summed E-state index contributed by atoms with van der Waals surface area (Å²) in [4.78, 5) is 14.0. The first-order chi connectivity index (χ1) is 8.87. The summed E-state index contributed by atoms with van der Waals surface area (Å²) < 4.78 is 1.01. The molecule has 0 aliphatic carbocycles. The van der Waals surface area contributed by atoms with Crippen molar-refractivity contribution >= 4 is 33.2 Å². The van der Waals surface area contributed by atoms with E-state index >= 15 is 0 Å². The van der Waals surface area contributed by atoms with Crippen LogP contribution in [-0.4, -0.2) is 19.0 Å². The van der Waals surface area contributed by atoms with Crippen LogP contribution < -0.4 is 16.0 Å². The van der Waals surface area contributed by atoms with Gasteiger partial charge in [0.15, 0.2) is 0 Å². The summed E-state index contributed by atoms with van der Waals surface area (Å²) in [5, 5.41) is 2.85. The molecule has 4 nitrogen and oxygen atoms in total. The highest BCUT2D eigenvalue weighted by molar-refractivity contribution is 9.10. The normalized spacial score (nSPS) is 24.5. The van der Waals surface area contributed by atoms with Gasteiger partial charge in [0.1, 0.15) is 6.04 Å². The number of nitrogens with two attached hydrogens (primary N) is 1. The molecule has 0 saturated carbocycles. The maximum absolute atomic E-state index is 11.6. The minimum atomic E-state index is -0.546. The lowest BCUT2D eigenvalue weighted by atomic mass is 9.93. The standard InChI is InChI=1S/C14H18BrN3O/c1-14(2)3-4-18(7-14)11-6-10-8(5-9(11)15)12(16)13(19)17-10/h5-6,12H,3-4,7,16H2,1-2H3,(H,17,19). The Morgan fingerprint density at radius 3 is 2.84 bits per heavy atom. The second kappa shape index (κ2) is 4.21. The van der Waals surface area contributed by atoms with Gasteiger partial charge in [0, 0.05) is 28.8 Å². The van der Waals surface area contributed by atoms with Crippen LogP contribution in [0.5, 0.6) is 0 Å². The molecule has 0 radical (unpaired) electrons. The molecule has 102 valence electrons.